The third-order valence-electron chi connectivity index (χ3n) is 3.29. The van der Waals surface area contributed by atoms with Crippen molar-refractivity contribution >= 4 is 15.8 Å². The topological polar surface area (TPSA) is 83.5 Å². The summed E-state index contributed by atoms with van der Waals surface area (Å²) in [6.07, 6.45) is 1.60. The van der Waals surface area contributed by atoms with E-state index in [-0.39, 0.29) is 17.3 Å². The van der Waals surface area contributed by atoms with E-state index in [4.69, 9.17) is 5.11 Å². The molecule has 0 saturated heterocycles. The highest BCUT2D eigenvalue weighted by Gasteiger charge is 2.45. The van der Waals surface area contributed by atoms with Crippen molar-refractivity contribution in [3.05, 3.63) is 29.8 Å². The monoisotopic (exact) mass is 283 g/mol. The first-order chi connectivity index (χ1) is 8.92. The highest BCUT2D eigenvalue weighted by molar-refractivity contribution is 7.89. The van der Waals surface area contributed by atoms with E-state index < -0.39 is 15.6 Å². The van der Waals surface area contributed by atoms with Crippen LogP contribution in [0.5, 0.6) is 0 Å². The average Bonchev–Trinajstić information content (AvgIpc) is 3.17. The van der Waals surface area contributed by atoms with E-state index >= 15 is 0 Å². The number of aliphatic hydroxyl groups is 1. The lowest BCUT2D eigenvalue weighted by Crippen LogP contribution is -2.39. The van der Waals surface area contributed by atoms with E-state index in [2.05, 4.69) is 4.72 Å². The van der Waals surface area contributed by atoms with Crippen molar-refractivity contribution in [1.82, 2.24) is 4.72 Å². The smallest absolute Gasteiger partial charge is 0.241 e. The number of Topliss-reactive ketones (excluding diaryl/α,β-unsaturated/α-hetero) is 1. The highest BCUT2D eigenvalue weighted by Crippen LogP contribution is 2.36. The molecule has 0 radical (unpaired) electrons. The molecule has 6 heteroatoms. The van der Waals surface area contributed by atoms with Crippen molar-refractivity contribution in [2.45, 2.75) is 36.6 Å². The largest absolute Gasteiger partial charge is 0.394 e. The summed E-state index contributed by atoms with van der Waals surface area (Å²) in [5, 5.41) is 9.17. The van der Waals surface area contributed by atoms with Gasteiger partial charge in [-0.2, -0.15) is 0 Å². The summed E-state index contributed by atoms with van der Waals surface area (Å²) >= 11 is 0. The summed E-state index contributed by atoms with van der Waals surface area (Å²) < 4.78 is 26.9. The quantitative estimate of drug-likeness (QED) is 0.765. The zero-order valence-corrected chi connectivity index (χ0v) is 11.5. The Labute approximate surface area is 112 Å². The average molecular weight is 283 g/mol. The molecule has 1 aliphatic carbocycles. The Balaban J connectivity index is 2.28. The van der Waals surface area contributed by atoms with Crippen molar-refractivity contribution in [2.75, 3.05) is 6.61 Å². The van der Waals surface area contributed by atoms with Crippen LogP contribution in [0.3, 0.4) is 0 Å². The second kappa shape index (κ2) is 5.03. The molecule has 0 spiro atoms. The zero-order valence-electron chi connectivity index (χ0n) is 10.7. The molecule has 0 aromatic heterocycles. The number of carbonyl (C=O) groups excluding carboxylic acids is 1. The Hall–Kier alpha value is -1.24. The molecule has 1 aliphatic rings. The molecule has 2 rings (SSSR count). The summed E-state index contributed by atoms with van der Waals surface area (Å²) in [5.41, 5.74) is -0.317. The van der Waals surface area contributed by atoms with Crippen LogP contribution in [0.4, 0.5) is 0 Å². The maximum Gasteiger partial charge on any atom is 0.241 e. The summed E-state index contributed by atoms with van der Waals surface area (Å²) in [6.45, 7) is 1.52. The lowest BCUT2D eigenvalue weighted by molar-refractivity contribution is 0.0988. The molecule has 1 aromatic carbocycles. The summed E-state index contributed by atoms with van der Waals surface area (Å²) in [4.78, 5) is 11.7. The fourth-order valence-corrected chi connectivity index (χ4v) is 3.32. The number of benzene rings is 1. The van der Waals surface area contributed by atoms with Crippen LogP contribution in [0.15, 0.2) is 29.2 Å². The molecular formula is C13H17NO4S. The van der Waals surface area contributed by atoms with Gasteiger partial charge in [0.25, 0.3) is 0 Å². The molecular weight excluding hydrogens is 266 g/mol. The molecule has 0 unspecified atom stereocenters. The summed E-state index contributed by atoms with van der Waals surface area (Å²) in [7, 11) is -3.69. The fraction of sp³-hybridized carbons (Fsp3) is 0.462. The van der Waals surface area contributed by atoms with Crippen LogP contribution >= 0.6 is 0 Å². The molecule has 1 saturated carbocycles. The molecule has 0 aliphatic heterocycles. The van der Waals surface area contributed by atoms with Crippen LogP contribution < -0.4 is 4.72 Å². The van der Waals surface area contributed by atoms with Gasteiger partial charge in [0.1, 0.15) is 0 Å². The third-order valence-corrected chi connectivity index (χ3v) is 4.87. The Morgan fingerprint density at radius 2 is 2.11 bits per heavy atom. The van der Waals surface area contributed by atoms with Gasteiger partial charge in [-0.1, -0.05) is 19.1 Å². The predicted octanol–water partition coefficient (Wildman–Crippen LogP) is 1.08. The molecule has 0 atom stereocenters. The fourth-order valence-electron chi connectivity index (χ4n) is 1.83. The van der Waals surface area contributed by atoms with Gasteiger partial charge < -0.3 is 5.11 Å². The van der Waals surface area contributed by atoms with E-state index in [1.807, 2.05) is 0 Å². The van der Waals surface area contributed by atoms with Crippen molar-refractivity contribution < 1.29 is 18.3 Å². The summed E-state index contributed by atoms with van der Waals surface area (Å²) in [6, 6.07) is 5.98. The molecule has 0 amide bonds. The number of nitrogens with one attached hydrogen (secondary N) is 1. The van der Waals surface area contributed by atoms with E-state index in [0.29, 0.717) is 24.8 Å². The number of sulfonamides is 1. The number of hydrogen-bond acceptors (Lipinski definition) is 4. The maximum atomic E-state index is 12.2. The molecule has 1 aromatic rings. The maximum absolute atomic E-state index is 12.2. The standard InChI is InChI=1S/C13H17NO4S/c1-2-12(16)10-4-3-5-11(8-10)19(17,18)14-13(9-15)6-7-13/h3-5,8,14-15H,2,6-7,9H2,1H3. The van der Waals surface area contributed by atoms with E-state index in [1.54, 1.807) is 19.1 Å². The zero-order chi connectivity index (χ0) is 14.1. The number of aliphatic hydroxyl groups excluding tert-OH is 1. The number of rotatable bonds is 6. The first-order valence-corrected chi connectivity index (χ1v) is 7.69. The van der Waals surface area contributed by atoms with E-state index in [1.165, 1.54) is 12.1 Å². The van der Waals surface area contributed by atoms with Gasteiger partial charge in [-0.25, -0.2) is 13.1 Å². The Kier molecular flexibility index (Phi) is 3.75. The molecule has 1 fully saturated rings. The molecule has 19 heavy (non-hydrogen) atoms. The third kappa shape index (κ3) is 3.02. The van der Waals surface area contributed by atoms with Gasteiger partial charge >= 0.3 is 0 Å². The van der Waals surface area contributed by atoms with Gasteiger partial charge in [0.05, 0.1) is 17.0 Å². The molecule has 2 N–H and O–H groups in total. The summed E-state index contributed by atoms with van der Waals surface area (Å²) in [5.74, 6) is -0.0969. The molecule has 5 nitrogen and oxygen atoms in total. The first-order valence-electron chi connectivity index (χ1n) is 6.20. The van der Waals surface area contributed by atoms with Gasteiger partial charge in [0.2, 0.25) is 10.0 Å². The molecule has 104 valence electrons. The normalized spacial score (nSPS) is 17.2. The van der Waals surface area contributed by atoms with Crippen LogP contribution in [0.25, 0.3) is 0 Å². The van der Waals surface area contributed by atoms with Gasteiger partial charge in [-0.15, -0.1) is 0 Å². The number of hydrogen-bond donors (Lipinski definition) is 2. The van der Waals surface area contributed by atoms with Crippen molar-refractivity contribution in [3.63, 3.8) is 0 Å². The minimum Gasteiger partial charge on any atom is -0.394 e. The Morgan fingerprint density at radius 1 is 1.42 bits per heavy atom. The number of ketones is 1. The van der Waals surface area contributed by atoms with E-state index in [9.17, 15) is 13.2 Å². The van der Waals surface area contributed by atoms with Crippen LogP contribution in [0, 0.1) is 0 Å². The van der Waals surface area contributed by atoms with Crippen molar-refractivity contribution in [1.29, 1.82) is 0 Å². The van der Waals surface area contributed by atoms with Gasteiger partial charge in [-0.3, -0.25) is 4.79 Å². The number of carbonyl (C=O) groups is 1. The second-order valence-electron chi connectivity index (χ2n) is 4.85. The van der Waals surface area contributed by atoms with Crippen molar-refractivity contribution in [3.8, 4) is 0 Å². The van der Waals surface area contributed by atoms with Crippen LogP contribution in [-0.2, 0) is 10.0 Å². The molecule has 0 heterocycles. The van der Waals surface area contributed by atoms with Crippen molar-refractivity contribution in [2.24, 2.45) is 0 Å². The first kappa shape index (κ1) is 14.2. The van der Waals surface area contributed by atoms with Crippen LogP contribution in [0.2, 0.25) is 0 Å². The van der Waals surface area contributed by atoms with Crippen LogP contribution in [0.1, 0.15) is 36.5 Å². The minimum atomic E-state index is -3.69. The minimum absolute atomic E-state index is 0.0616. The highest BCUT2D eigenvalue weighted by atomic mass is 32.2. The lowest BCUT2D eigenvalue weighted by Gasteiger charge is -2.14. The predicted molar refractivity (Wildman–Crippen MR) is 70.4 cm³/mol. The Bertz CT molecular complexity index is 590. The van der Waals surface area contributed by atoms with E-state index in [0.717, 1.165) is 0 Å². The molecule has 0 bridgehead atoms. The Morgan fingerprint density at radius 3 is 2.63 bits per heavy atom. The lowest BCUT2D eigenvalue weighted by atomic mass is 10.1. The van der Waals surface area contributed by atoms with Gasteiger partial charge in [-0.05, 0) is 25.0 Å². The van der Waals surface area contributed by atoms with Gasteiger partial charge in [0.15, 0.2) is 5.78 Å². The second-order valence-corrected chi connectivity index (χ2v) is 6.53. The van der Waals surface area contributed by atoms with Crippen LogP contribution in [-0.4, -0.2) is 31.5 Å². The van der Waals surface area contributed by atoms with Gasteiger partial charge in [0, 0.05) is 12.0 Å². The SMILES string of the molecule is CCC(=O)c1cccc(S(=O)(=O)NC2(CO)CC2)c1.